The number of aliphatic carboxylic acids is 2. The molecule has 6 unspecified atom stereocenters. The number of likely N-dealkylation sites (N-methyl/N-ethyl adjacent to an activating group) is 2. The van der Waals surface area contributed by atoms with E-state index in [-0.39, 0.29) is 19.3 Å². The van der Waals surface area contributed by atoms with Crippen LogP contribution in [0.4, 0.5) is 0 Å². The van der Waals surface area contributed by atoms with Crippen LogP contribution < -0.4 is 17.0 Å². The number of nitrogens with zero attached hydrogens (tertiary/aromatic N) is 3. The highest BCUT2D eigenvalue weighted by Gasteiger charge is 2.58. The van der Waals surface area contributed by atoms with Gasteiger partial charge in [-0.05, 0) is 25.8 Å². The van der Waals surface area contributed by atoms with Gasteiger partial charge in [-0.15, -0.1) is 0 Å². The second-order valence-electron chi connectivity index (χ2n) is 17.8. The molecule has 4 rings (SSSR count). The lowest BCUT2D eigenvalue weighted by atomic mass is 9.97. The van der Waals surface area contributed by atoms with Gasteiger partial charge in [0.15, 0.2) is 24.7 Å². The number of ether oxygens (including phenoxy) is 5. The van der Waals surface area contributed by atoms with E-state index in [1.165, 1.54) is 7.05 Å². The van der Waals surface area contributed by atoms with E-state index < -0.39 is 156 Å². The number of carbonyl (C=O) groups excluding carboxylic acids is 3. The molecular weight excluding hydrogens is 943 g/mol. The molecular formula is C42H67N5O21S. The molecule has 0 bridgehead atoms. The Kier molecular flexibility index (Phi) is 21.7. The van der Waals surface area contributed by atoms with Crippen LogP contribution in [0.25, 0.3) is 0 Å². The number of carboxylic acid groups (broad SMARTS) is 2. The number of H-pyrrole nitrogens is 1. The molecule has 0 saturated carbocycles. The summed E-state index contributed by atoms with van der Waals surface area (Å²) >= 11 is 0. The summed E-state index contributed by atoms with van der Waals surface area (Å²) in [6.45, 7) is 2.61. The van der Waals surface area contributed by atoms with Gasteiger partial charge in [0.2, 0.25) is 5.91 Å². The standard InChI is InChI=1S/C42H67N5O21S/c1-5-6-7-8-9-10-11-12-13-14-23(63-28(51)18-22(2)17-27(49)50)19-29(52)64-25-21-45(3)31(38(56)46(4)30(25)40(57)58)35(67-41-37(68-69(60,61)62)32(53)24(20-43)65-41)36-33(54)34(55)39(66-36)47-16-15-26(48)44-42(47)59/h15-16,22-25,30-37,39,41,53-55H,5-14,17-21,43H2,1-4H3,(H,49,50)(H,57,58)(H,44,48,59)(H,60,61,62)/t22?,23?,24-,25?,30?,31?,32-,33+,34-,35?,36+,37-,39-,41+/m1/s1. The van der Waals surface area contributed by atoms with Gasteiger partial charge >= 0.3 is 40.0 Å². The fourth-order valence-electron chi connectivity index (χ4n) is 8.83. The molecule has 392 valence electrons. The van der Waals surface area contributed by atoms with Gasteiger partial charge in [0.05, 0.1) is 6.42 Å². The molecule has 0 aliphatic carbocycles. The Labute approximate surface area is 397 Å². The maximum Gasteiger partial charge on any atom is 0.397 e. The van der Waals surface area contributed by atoms with Crippen molar-refractivity contribution in [3.63, 3.8) is 0 Å². The van der Waals surface area contributed by atoms with E-state index in [9.17, 15) is 72.1 Å². The van der Waals surface area contributed by atoms with Crippen LogP contribution in [0.15, 0.2) is 21.9 Å². The Bertz CT molecular complexity index is 2120. The van der Waals surface area contributed by atoms with Gasteiger partial charge in [-0.3, -0.25) is 43.0 Å². The minimum Gasteiger partial charge on any atom is -0.481 e. The molecule has 26 nitrogen and oxygen atoms in total. The number of amides is 1. The van der Waals surface area contributed by atoms with Crippen LogP contribution in [0, 0.1) is 5.92 Å². The molecule has 14 atom stereocenters. The van der Waals surface area contributed by atoms with Gasteiger partial charge in [0, 0.05) is 45.2 Å². The molecule has 3 aliphatic rings. The molecule has 1 amide bonds. The monoisotopic (exact) mass is 1010 g/mol. The zero-order valence-electron chi connectivity index (χ0n) is 39.0. The number of carboxylic acids is 2. The lowest BCUT2D eigenvalue weighted by molar-refractivity contribution is -0.230. The maximum atomic E-state index is 14.6. The highest BCUT2D eigenvalue weighted by Crippen LogP contribution is 2.37. The van der Waals surface area contributed by atoms with Gasteiger partial charge in [0.25, 0.3) is 5.56 Å². The Morgan fingerprint density at radius 1 is 0.899 bits per heavy atom. The normalized spacial score (nSPS) is 29.0. The van der Waals surface area contributed by atoms with Crippen LogP contribution in [0.1, 0.15) is 104 Å². The van der Waals surface area contributed by atoms with Crippen molar-refractivity contribution in [2.24, 2.45) is 11.7 Å². The van der Waals surface area contributed by atoms with Crippen molar-refractivity contribution in [1.82, 2.24) is 19.4 Å². The molecule has 0 aromatic carbocycles. The smallest absolute Gasteiger partial charge is 0.397 e. The zero-order chi connectivity index (χ0) is 51.3. The minimum absolute atomic E-state index is 0.212. The Morgan fingerprint density at radius 3 is 2.12 bits per heavy atom. The number of carbonyl (C=O) groups is 5. The zero-order valence-corrected chi connectivity index (χ0v) is 39.8. The lowest BCUT2D eigenvalue weighted by Gasteiger charge is -2.38. The van der Waals surface area contributed by atoms with E-state index in [2.05, 4.69) is 11.1 Å². The molecule has 1 aromatic heterocycles. The highest BCUT2D eigenvalue weighted by molar-refractivity contribution is 7.80. The first-order valence-electron chi connectivity index (χ1n) is 23.0. The molecule has 27 heteroatoms. The summed E-state index contributed by atoms with van der Waals surface area (Å²) in [5.41, 5.74) is 3.79. The summed E-state index contributed by atoms with van der Waals surface area (Å²) in [5.74, 6) is -6.27. The Balaban J connectivity index is 1.65. The van der Waals surface area contributed by atoms with E-state index in [0.29, 0.717) is 15.9 Å². The van der Waals surface area contributed by atoms with Crippen LogP contribution in [-0.2, 0) is 62.2 Å². The number of hydrogen-bond acceptors (Lipinski definition) is 20. The molecule has 3 fully saturated rings. The maximum absolute atomic E-state index is 14.6. The first-order valence-corrected chi connectivity index (χ1v) is 24.3. The van der Waals surface area contributed by atoms with Crippen molar-refractivity contribution >= 4 is 40.2 Å². The first kappa shape index (κ1) is 57.2. The minimum atomic E-state index is -5.36. The fourth-order valence-corrected chi connectivity index (χ4v) is 9.31. The molecule has 9 N–H and O–H groups in total. The van der Waals surface area contributed by atoms with E-state index in [1.54, 1.807) is 6.92 Å². The van der Waals surface area contributed by atoms with E-state index in [4.69, 9.17) is 29.4 Å². The topological polar surface area (TPSA) is 384 Å². The predicted octanol–water partition coefficient (Wildman–Crippen LogP) is -1.37. The summed E-state index contributed by atoms with van der Waals surface area (Å²) in [6, 6.07) is -2.88. The predicted molar refractivity (Wildman–Crippen MR) is 235 cm³/mol. The molecule has 3 saturated heterocycles. The SMILES string of the molecule is CCCCCCCCCCCC(CC(=O)OC1CN(C)C(C(O[C@@H]2O[C@H](CN)[C@@H](O)[C@H]2OS(=O)(=O)O)[C@H]2O[C@@H](n3ccc(=O)[nH]c3=O)[C@H](O)[C@@H]2O)C(=O)N(C)C1C(=O)O)OC(=O)CC(C)CC(=O)O. The van der Waals surface area contributed by atoms with Gasteiger partial charge in [-0.2, -0.15) is 8.42 Å². The van der Waals surface area contributed by atoms with Crippen LogP contribution in [0.5, 0.6) is 0 Å². The van der Waals surface area contributed by atoms with Crippen molar-refractivity contribution in [1.29, 1.82) is 0 Å². The van der Waals surface area contributed by atoms with Crippen molar-refractivity contribution in [3.05, 3.63) is 33.1 Å². The number of esters is 2. The van der Waals surface area contributed by atoms with E-state index in [1.807, 2.05) is 4.98 Å². The number of aliphatic hydroxyl groups excluding tert-OH is 3. The number of aromatic nitrogens is 2. The third-order valence-corrected chi connectivity index (χ3v) is 12.8. The number of rotatable bonds is 27. The number of aromatic amines is 1. The number of hydrogen-bond donors (Lipinski definition) is 8. The summed E-state index contributed by atoms with van der Waals surface area (Å²) < 4.78 is 67.9. The fraction of sp³-hybridized carbons (Fsp3) is 0.786. The third-order valence-electron chi connectivity index (χ3n) is 12.3. The number of unbranched alkanes of at least 4 members (excludes halogenated alkanes) is 8. The van der Waals surface area contributed by atoms with Crippen LogP contribution in [0.2, 0.25) is 0 Å². The van der Waals surface area contributed by atoms with Crippen molar-refractivity contribution in [2.45, 2.75) is 177 Å². The molecule has 3 aliphatic heterocycles. The molecule has 0 radical (unpaired) electrons. The number of nitrogens with two attached hydrogens (primary N) is 1. The van der Waals surface area contributed by atoms with Crippen molar-refractivity contribution < 1.29 is 90.3 Å². The average molecular weight is 1010 g/mol. The molecule has 0 spiro atoms. The van der Waals surface area contributed by atoms with Gasteiger partial charge in [0.1, 0.15) is 54.9 Å². The summed E-state index contributed by atoms with van der Waals surface area (Å²) in [5, 5.41) is 53.4. The second kappa shape index (κ2) is 26.1. The quantitative estimate of drug-likeness (QED) is 0.0286. The van der Waals surface area contributed by atoms with Crippen LogP contribution in [-0.4, -0.2) is 188 Å². The third kappa shape index (κ3) is 16.0. The van der Waals surface area contributed by atoms with Crippen molar-refractivity contribution in [2.75, 3.05) is 27.2 Å². The Morgan fingerprint density at radius 2 is 1.54 bits per heavy atom. The van der Waals surface area contributed by atoms with E-state index in [0.717, 1.165) is 75.6 Å². The van der Waals surface area contributed by atoms with Crippen molar-refractivity contribution in [3.8, 4) is 0 Å². The molecule has 4 heterocycles. The highest BCUT2D eigenvalue weighted by atomic mass is 32.3. The summed E-state index contributed by atoms with van der Waals surface area (Å²) in [7, 11) is -3.06. The summed E-state index contributed by atoms with van der Waals surface area (Å²) in [6.07, 6.45) is -11.3. The van der Waals surface area contributed by atoms with Crippen LogP contribution in [0.3, 0.4) is 0 Å². The van der Waals surface area contributed by atoms with E-state index >= 15 is 0 Å². The van der Waals surface area contributed by atoms with Gasteiger partial charge in [-0.1, -0.05) is 65.2 Å². The van der Waals surface area contributed by atoms with Crippen LogP contribution >= 0.6 is 0 Å². The first-order chi connectivity index (χ1) is 32.5. The average Bonchev–Trinajstić information content (AvgIpc) is 3.67. The lowest BCUT2D eigenvalue weighted by Crippen LogP contribution is -2.60. The molecule has 69 heavy (non-hydrogen) atoms. The second-order valence-corrected chi connectivity index (χ2v) is 18.9. The number of aliphatic hydroxyl groups is 3. The number of nitrogens with one attached hydrogen (secondary N) is 1. The molecule has 1 aromatic rings. The van der Waals surface area contributed by atoms with Gasteiger partial charge in [-0.25, -0.2) is 13.8 Å². The largest absolute Gasteiger partial charge is 0.481 e. The Hall–Kier alpha value is -4.42. The summed E-state index contributed by atoms with van der Waals surface area (Å²) in [4.78, 5) is 94.1. The van der Waals surface area contributed by atoms with Gasteiger partial charge < -0.3 is 59.9 Å².